The van der Waals surface area contributed by atoms with Crippen molar-refractivity contribution in [3.8, 4) is 0 Å². The fourth-order valence-electron chi connectivity index (χ4n) is 3.79. The Labute approximate surface area is 152 Å². The number of amides is 3. The van der Waals surface area contributed by atoms with Crippen molar-refractivity contribution in [1.29, 1.82) is 0 Å². The number of carbonyl (C=O) groups excluding carboxylic acids is 2. The van der Waals surface area contributed by atoms with Crippen molar-refractivity contribution in [2.24, 2.45) is 10.9 Å². The lowest BCUT2D eigenvalue weighted by molar-refractivity contribution is -0.556. The van der Waals surface area contributed by atoms with Crippen LogP contribution in [0.25, 0.3) is 0 Å². The van der Waals surface area contributed by atoms with Crippen LogP contribution in [-0.2, 0) is 11.3 Å². The van der Waals surface area contributed by atoms with Gasteiger partial charge in [0.15, 0.2) is 0 Å². The summed E-state index contributed by atoms with van der Waals surface area (Å²) in [5, 5.41) is 0. The molecule has 0 aromatic carbocycles. The highest BCUT2D eigenvalue weighted by Gasteiger charge is 2.56. The van der Waals surface area contributed by atoms with Gasteiger partial charge < -0.3 is 4.42 Å². The number of furan rings is 1. The van der Waals surface area contributed by atoms with E-state index in [2.05, 4.69) is 4.58 Å². The minimum absolute atomic E-state index is 0.171. The average Bonchev–Trinajstić information content (AvgIpc) is 3.24. The number of guanidine groups is 1. The van der Waals surface area contributed by atoms with E-state index in [-0.39, 0.29) is 17.9 Å². The van der Waals surface area contributed by atoms with Gasteiger partial charge in [-0.1, -0.05) is 18.8 Å². The second-order valence-electron chi connectivity index (χ2n) is 7.40. The molecule has 1 aromatic heterocycles. The molecule has 8 nitrogen and oxygen atoms in total. The van der Waals surface area contributed by atoms with Gasteiger partial charge in [-0.25, -0.2) is 9.69 Å². The van der Waals surface area contributed by atoms with Crippen molar-refractivity contribution in [3.63, 3.8) is 0 Å². The van der Waals surface area contributed by atoms with E-state index in [4.69, 9.17) is 9.41 Å². The lowest BCUT2D eigenvalue weighted by Gasteiger charge is -2.36. The Morgan fingerprint density at radius 3 is 2.88 bits per heavy atom. The largest absolute Gasteiger partial charge is 0.466 e. The van der Waals surface area contributed by atoms with Crippen molar-refractivity contribution in [2.45, 2.75) is 32.9 Å². The molecule has 138 valence electrons. The topological polar surface area (TPSA) is 72.4 Å². The quantitative estimate of drug-likeness (QED) is 0.758. The van der Waals surface area contributed by atoms with Gasteiger partial charge in [0, 0.05) is 20.0 Å². The van der Waals surface area contributed by atoms with E-state index in [1.54, 1.807) is 13.3 Å². The standard InChI is InChI=1S/C18H24N5O3/c1-12(2)10-23-16(24)14-15(20(3)18(23)25)19-17-21(7-5-8-22(14)17)11-13-6-4-9-26-13/h4,6,9,12,14H,5,7-8,10-11H2,1-3H3/q+1. The molecule has 1 aromatic rings. The van der Waals surface area contributed by atoms with Crippen molar-refractivity contribution >= 4 is 23.7 Å². The number of hydrogen-bond acceptors (Lipinski definition) is 5. The van der Waals surface area contributed by atoms with Crippen LogP contribution >= 0.6 is 0 Å². The van der Waals surface area contributed by atoms with Crippen LogP contribution in [0.2, 0.25) is 0 Å². The number of hydrogen-bond donors (Lipinski definition) is 0. The third-order valence-electron chi connectivity index (χ3n) is 4.97. The molecule has 26 heavy (non-hydrogen) atoms. The van der Waals surface area contributed by atoms with E-state index in [1.807, 2.05) is 30.9 Å². The molecule has 0 bridgehead atoms. The first-order valence-corrected chi connectivity index (χ1v) is 9.06. The summed E-state index contributed by atoms with van der Waals surface area (Å²) in [6.45, 7) is 6.63. The van der Waals surface area contributed by atoms with Gasteiger partial charge in [0.05, 0.1) is 19.4 Å². The fraction of sp³-hybridized carbons (Fsp3) is 0.556. The van der Waals surface area contributed by atoms with E-state index in [0.717, 1.165) is 31.2 Å². The highest BCUT2D eigenvalue weighted by Crippen LogP contribution is 2.26. The molecule has 0 aliphatic carbocycles. The minimum Gasteiger partial charge on any atom is -0.466 e. The molecule has 1 atom stereocenters. The van der Waals surface area contributed by atoms with Crippen LogP contribution in [0.1, 0.15) is 26.0 Å². The lowest BCUT2D eigenvalue weighted by atomic mass is 10.1. The van der Waals surface area contributed by atoms with Crippen LogP contribution in [-0.4, -0.2) is 75.7 Å². The third-order valence-corrected chi connectivity index (χ3v) is 4.97. The van der Waals surface area contributed by atoms with Crippen molar-refractivity contribution in [3.05, 3.63) is 24.2 Å². The normalized spacial score (nSPS) is 23.0. The van der Waals surface area contributed by atoms with E-state index in [9.17, 15) is 9.59 Å². The molecule has 3 amide bonds. The second kappa shape index (κ2) is 6.26. The Kier molecular flexibility index (Phi) is 4.05. The number of urea groups is 1. The van der Waals surface area contributed by atoms with Gasteiger partial charge >= 0.3 is 12.0 Å². The fourth-order valence-corrected chi connectivity index (χ4v) is 3.79. The maximum Gasteiger partial charge on any atom is 0.392 e. The maximum absolute atomic E-state index is 13.1. The molecule has 4 heterocycles. The Hall–Kier alpha value is -2.64. The number of amidine groups is 1. The molecule has 1 fully saturated rings. The number of fused-ring (bicyclic) bond motifs is 3. The zero-order valence-electron chi connectivity index (χ0n) is 15.4. The van der Waals surface area contributed by atoms with Crippen LogP contribution in [0.15, 0.2) is 27.8 Å². The maximum atomic E-state index is 13.1. The van der Waals surface area contributed by atoms with E-state index in [1.165, 1.54) is 9.80 Å². The molecule has 0 radical (unpaired) electrons. The summed E-state index contributed by atoms with van der Waals surface area (Å²) in [7, 11) is 1.70. The van der Waals surface area contributed by atoms with Gasteiger partial charge in [-0.15, -0.1) is 0 Å². The molecule has 0 N–H and O–H groups in total. The number of aliphatic imine (C=N–C) groups is 1. The molecular formula is C18H24N5O3+. The van der Waals surface area contributed by atoms with Gasteiger partial charge in [-0.05, 0) is 18.1 Å². The number of imide groups is 1. The van der Waals surface area contributed by atoms with Gasteiger partial charge in [0.25, 0.3) is 5.91 Å². The zero-order valence-corrected chi connectivity index (χ0v) is 15.4. The zero-order chi connectivity index (χ0) is 18.4. The molecule has 1 saturated heterocycles. The van der Waals surface area contributed by atoms with Crippen molar-refractivity contribution in [1.82, 2.24) is 14.7 Å². The summed E-state index contributed by atoms with van der Waals surface area (Å²) >= 11 is 0. The molecular weight excluding hydrogens is 334 g/mol. The van der Waals surface area contributed by atoms with Crippen LogP contribution < -0.4 is 0 Å². The number of nitrogens with zero attached hydrogens (tertiary/aromatic N) is 5. The summed E-state index contributed by atoms with van der Waals surface area (Å²) in [6, 6.07) is 2.99. The van der Waals surface area contributed by atoms with Crippen molar-refractivity contribution < 1.29 is 18.6 Å². The SMILES string of the molecule is CC(C)CN1C(=O)C2C(=NC3=[N+](Cc4ccco4)CCCN32)N(C)C1=O. The molecule has 1 unspecified atom stereocenters. The predicted octanol–water partition coefficient (Wildman–Crippen LogP) is 1.18. The third kappa shape index (κ3) is 2.60. The first-order chi connectivity index (χ1) is 12.5. The monoisotopic (exact) mass is 358 g/mol. The molecule has 3 aliphatic rings. The van der Waals surface area contributed by atoms with Crippen LogP contribution in [0.5, 0.6) is 0 Å². The number of rotatable bonds is 4. The minimum atomic E-state index is -0.508. The van der Waals surface area contributed by atoms with E-state index >= 15 is 0 Å². The smallest absolute Gasteiger partial charge is 0.392 e. The Balaban J connectivity index is 1.70. The highest BCUT2D eigenvalue weighted by molar-refractivity contribution is 6.25. The Bertz CT molecular complexity index is 796. The van der Waals surface area contributed by atoms with Crippen molar-refractivity contribution in [2.75, 3.05) is 26.7 Å². The van der Waals surface area contributed by atoms with Gasteiger partial charge in [-0.2, -0.15) is 0 Å². The summed E-state index contributed by atoms with van der Waals surface area (Å²) in [6.07, 6.45) is 2.58. The number of likely N-dealkylation sites (N-methyl/N-ethyl adjacent to an activating group) is 1. The van der Waals surface area contributed by atoms with E-state index < -0.39 is 6.04 Å². The highest BCUT2D eigenvalue weighted by atomic mass is 16.3. The van der Waals surface area contributed by atoms with Crippen LogP contribution in [0, 0.1) is 5.92 Å². The summed E-state index contributed by atoms with van der Waals surface area (Å²) in [4.78, 5) is 35.3. The van der Waals surface area contributed by atoms with Crippen LogP contribution in [0.4, 0.5) is 4.79 Å². The van der Waals surface area contributed by atoms with Gasteiger partial charge in [0.2, 0.25) is 11.9 Å². The van der Waals surface area contributed by atoms with Gasteiger partial charge in [0.1, 0.15) is 12.3 Å². The van der Waals surface area contributed by atoms with Crippen LogP contribution in [0.3, 0.4) is 0 Å². The van der Waals surface area contributed by atoms with E-state index in [0.29, 0.717) is 18.9 Å². The summed E-state index contributed by atoms with van der Waals surface area (Å²) in [5.74, 6) is 2.19. The molecule has 8 heteroatoms. The summed E-state index contributed by atoms with van der Waals surface area (Å²) in [5.41, 5.74) is 0. The first kappa shape index (κ1) is 16.8. The Morgan fingerprint density at radius 1 is 1.38 bits per heavy atom. The number of carbonyl (C=O) groups is 2. The molecule has 4 rings (SSSR count). The predicted molar refractivity (Wildman–Crippen MR) is 94.8 cm³/mol. The lowest BCUT2D eigenvalue weighted by Crippen LogP contribution is -2.64. The molecule has 3 aliphatic heterocycles. The van der Waals surface area contributed by atoms with Gasteiger partial charge in [-0.3, -0.25) is 19.2 Å². The Morgan fingerprint density at radius 2 is 2.19 bits per heavy atom. The summed E-state index contributed by atoms with van der Waals surface area (Å²) < 4.78 is 7.58. The second-order valence-corrected chi connectivity index (χ2v) is 7.40. The molecule has 0 saturated carbocycles. The first-order valence-electron chi connectivity index (χ1n) is 9.06. The average molecular weight is 358 g/mol. The molecule has 0 spiro atoms.